The number of nitrogens with one attached hydrogen (secondary N) is 2. The first kappa shape index (κ1) is 19.0. The molecule has 3 rings (SSSR count). The molecule has 0 radical (unpaired) electrons. The van der Waals surface area contributed by atoms with Gasteiger partial charge in [0.1, 0.15) is 5.69 Å². The molecule has 0 saturated carbocycles. The molecule has 1 aliphatic rings. The average molecular weight is 374 g/mol. The van der Waals surface area contributed by atoms with Crippen LogP contribution in [0.2, 0.25) is 0 Å². The predicted molar refractivity (Wildman–Crippen MR) is 101 cm³/mol. The molecular weight excluding hydrogens is 348 g/mol. The fourth-order valence-electron chi connectivity index (χ4n) is 3.23. The number of hydrogen-bond acceptors (Lipinski definition) is 6. The van der Waals surface area contributed by atoms with Gasteiger partial charge in [0.05, 0.1) is 27.4 Å². The van der Waals surface area contributed by atoms with Gasteiger partial charge in [-0.1, -0.05) is 0 Å². The Morgan fingerprint density at radius 3 is 2.59 bits per heavy atom. The summed E-state index contributed by atoms with van der Waals surface area (Å²) in [6, 6.07) is 5.68. The molecule has 1 atom stereocenters. The summed E-state index contributed by atoms with van der Waals surface area (Å²) < 4.78 is 17.9. The second-order valence-electron chi connectivity index (χ2n) is 6.40. The van der Waals surface area contributed by atoms with E-state index in [1.54, 1.807) is 27.4 Å². The van der Waals surface area contributed by atoms with Crippen LogP contribution in [0.15, 0.2) is 24.4 Å². The van der Waals surface area contributed by atoms with Crippen LogP contribution < -0.4 is 24.8 Å². The van der Waals surface area contributed by atoms with Crippen molar-refractivity contribution in [1.82, 2.24) is 20.4 Å². The van der Waals surface area contributed by atoms with Gasteiger partial charge in [0, 0.05) is 19.3 Å². The number of ether oxygens (including phenoxy) is 3. The molecule has 1 amide bonds. The van der Waals surface area contributed by atoms with Crippen LogP contribution in [0.1, 0.15) is 34.9 Å². The fourth-order valence-corrected chi connectivity index (χ4v) is 3.23. The van der Waals surface area contributed by atoms with Crippen LogP contribution in [0.25, 0.3) is 0 Å². The van der Waals surface area contributed by atoms with E-state index in [4.69, 9.17) is 14.2 Å². The highest BCUT2D eigenvalue weighted by molar-refractivity contribution is 5.92. The Balaban J connectivity index is 1.66. The molecule has 1 aromatic heterocycles. The zero-order valence-electron chi connectivity index (χ0n) is 15.9. The maximum atomic E-state index is 12.5. The number of amides is 1. The molecule has 2 heterocycles. The zero-order chi connectivity index (χ0) is 19.2. The van der Waals surface area contributed by atoms with E-state index in [0.29, 0.717) is 35.5 Å². The number of nitrogens with zero attached hydrogens (tertiary/aromatic N) is 2. The van der Waals surface area contributed by atoms with Crippen molar-refractivity contribution in [3.8, 4) is 17.2 Å². The summed E-state index contributed by atoms with van der Waals surface area (Å²) >= 11 is 0. The first-order valence-corrected chi connectivity index (χ1v) is 8.99. The summed E-state index contributed by atoms with van der Waals surface area (Å²) in [4.78, 5) is 12.5. The summed E-state index contributed by atoms with van der Waals surface area (Å²) in [6.07, 6.45) is 4.06. The minimum atomic E-state index is -0.216. The van der Waals surface area contributed by atoms with Crippen LogP contribution in [-0.4, -0.2) is 50.1 Å². The third kappa shape index (κ3) is 4.33. The monoisotopic (exact) mass is 374 g/mol. The lowest BCUT2D eigenvalue weighted by Gasteiger charge is -2.22. The molecule has 0 spiro atoms. The fraction of sp³-hybridized carbons (Fsp3) is 0.474. The van der Waals surface area contributed by atoms with Crippen molar-refractivity contribution in [2.45, 2.75) is 25.4 Å². The van der Waals surface area contributed by atoms with Crippen LogP contribution in [0.3, 0.4) is 0 Å². The minimum Gasteiger partial charge on any atom is -0.493 e. The number of benzene rings is 1. The lowest BCUT2D eigenvalue weighted by molar-refractivity contribution is 0.0944. The molecular formula is C19H26N4O4. The molecule has 2 aromatic rings. The topological polar surface area (TPSA) is 86.6 Å². The van der Waals surface area contributed by atoms with Gasteiger partial charge in [-0.05, 0) is 43.1 Å². The highest BCUT2D eigenvalue weighted by atomic mass is 16.5. The molecule has 8 heteroatoms. The molecule has 1 aromatic carbocycles. The summed E-state index contributed by atoms with van der Waals surface area (Å²) in [5.41, 5.74) is 1.25. The molecule has 0 bridgehead atoms. The number of carbonyl (C=O) groups excluding carboxylic acids is 1. The predicted octanol–water partition coefficient (Wildman–Crippen LogP) is 1.76. The Labute approximate surface area is 158 Å². The second-order valence-corrected chi connectivity index (χ2v) is 6.40. The number of carbonyl (C=O) groups is 1. The van der Waals surface area contributed by atoms with Crippen LogP contribution in [0.5, 0.6) is 17.2 Å². The standard InChI is InChI=1S/C19H26N4O4/c1-25-16-9-13(10-17(26-2)18(16)27-3)11-21-19(24)15-6-8-23(22-15)14-5-4-7-20-12-14/h6,8-10,14,20H,4-5,7,11-12H2,1-3H3,(H,21,24). The lowest BCUT2D eigenvalue weighted by Crippen LogP contribution is -2.32. The lowest BCUT2D eigenvalue weighted by atomic mass is 10.1. The summed E-state index contributed by atoms with van der Waals surface area (Å²) in [5.74, 6) is 1.41. The second kappa shape index (κ2) is 8.77. The Morgan fingerprint density at radius 1 is 1.26 bits per heavy atom. The molecule has 1 aliphatic heterocycles. The molecule has 1 fully saturated rings. The quantitative estimate of drug-likeness (QED) is 0.768. The first-order valence-electron chi connectivity index (χ1n) is 8.99. The molecule has 0 aliphatic carbocycles. The zero-order valence-corrected chi connectivity index (χ0v) is 15.9. The van der Waals surface area contributed by atoms with E-state index >= 15 is 0 Å². The maximum Gasteiger partial charge on any atom is 0.272 e. The maximum absolute atomic E-state index is 12.5. The Morgan fingerprint density at radius 2 is 2.00 bits per heavy atom. The van der Waals surface area contributed by atoms with E-state index in [2.05, 4.69) is 15.7 Å². The van der Waals surface area contributed by atoms with Crippen LogP contribution in [0, 0.1) is 0 Å². The third-order valence-corrected chi connectivity index (χ3v) is 4.66. The van der Waals surface area contributed by atoms with Crippen molar-refractivity contribution in [1.29, 1.82) is 0 Å². The van der Waals surface area contributed by atoms with Crippen molar-refractivity contribution in [3.05, 3.63) is 35.7 Å². The van der Waals surface area contributed by atoms with Gasteiger partial charge in [-0.15, -0.1) is 0 Å². The van der Waals surface area contributed by atoms with Gasteiger partial charge in [-0.3, -0.25) is 9.48 Å². The molecule has 146 valence electrons. The van der Waals surface area contributed by atoms with Crippen molar-refractivity contribution >= 4 is 5.91 Å². The van der Waals surface area contributed by atoms with E-state index in [9.17, 15) is 4.79 Å². The SMILES string of the molecule is COc1cc(CNC(=O)c2ccn(C3CCCNC3)n2)cc(OC)c1OC. The number of rotatable bonds is 7. The van der Waals surface area contributed by atoms with Gasteiger partial charge >= 0.3 is 0 Å². The average Bonchev–Trinajstić information content (AvgIpc) is 3.22. The van der Waals surface area contributed by atoms with Gasteiger partial charge in [0.15, 0.2) is 11.5 Å². The van der Waals surface area contributed by atoms with E-state index in [1.165, 1.54) is 0 Å². The van der Waals surface area contributed by atoms with Gasteiger partial charge in [0.25, 0.3) is 5.91 Å². The smallest absolute Gasteiger partial charge is 0.272 e. The van der Waals surface area contributed by atoms with E-state index in [-0.39, 0.29) is 5.91 Å². The highest BCUT2D eigenvalue weighted by Gasteiger charge is 2.18. The van der Waals surface area contributed by atoms with E-state index in [1.807, 2.05) is 23.0 Å². The van der Waals surface area contributed by atoms with Crippen molar-refractivity contribution < 1.29 is 19.0 Å². The van der Waals surface area contributed by atoms with Gasteiger partial charge in [-0.2, -0.15) is 5.10 Å². The van der Waals surface area contributed by atoms with Gasteiger partial charge in [-0.25, -0.2) is 0 Å². The Hall–Kier alpha value is -2.74. The summed E-state index contributed by atoms with van der Waals surface area (Å²) in [7, 11) is 4.68. The normalized spacial score (nSPS) is 16.6. The molecule has 8 nitrogen and oxygen atoms in total. The van der Waals surface area contributed by atoms with Crippen LogP contribution in [0.4, 0.5) is 0 Å². The molecule has 1 saturated heterocycles. The molecule has 1 unspecified atom stereocenters. The number of piperidine rings is 1. The summed E-state index contributed by atoms with van der Waals surface area (Å²) in [5, 5.41) is 10.7. The van der Waals surface area contributed by atoms with Gasteiger partial charge < -0.3 is 24.8 Å². The third-order valence-electron chi connectivity index (χ3n) is 4.66. The number of hydrogen-bond donors (Lipinski definition) is 2. The minimum absolute atomic E-state index is 0.216. The van der Waals surface area contributed by atoms with E-state index in [0.717, 1.165) is 31.5 Å². The Kier molecular flexibility index (Phi) is 6.18. The molecule has 27 heavy (non-hydrogen) atoms. The van der Waals surface area contributed by atoms with Crippen LogP contribution in [-0.2, 0) is 6.54 Å². The number of methoxy groups -OCH3 is 3. The van der Waals surface area contributed by atoms with E-state index < -0.39 is 0 Å². The van der Waals surface area contributed by atoms with Crippen molar-refractivity contribution in [2.75, 3.05) is 34.4 Å². The largest absolute Gasteiger partial charge is 0.493 e. The van der Waals surface area contributed by atoms with Crippen LogP contribution >= 0.6 is 0 Å². The van der Waals surface area contributed by atoms with Crippen molar-refractivity contribution in [2.24, 2.45) is 0 Å². The van der Waals surface area contributed by atoms with Gasteiger partial charge in [0.2, 0.25) is 5.75 Å². The molecule has 2 N–H and O–H groups in total. The van der Waals surface area contributed by atoms with Crippen molar-refractivity contribution in [3.63, 3.8) is 0 Å². The number of aromatic nitrogens is 2. The first-order chi connectivity index (χ1) is 13.2. The Bertz CT molecular complexity index is 759. The summed E-state index contributed by atoms with van der Waals surface area (Å²) in [6.45, 7) is 2.25. The highest BCUT2D eigenvalue weighted by Crippen LogP contribution is 2.38.